The summed E-state index contributed by atoms with van der Waals surface area (Å²) >= 11 is 0. The molecule has 3 heteroatoms. The topological polar surface area (TPSA) is 44.5 Å². The fraction of sp³-hybridized carbons (Fsp3) is 1.00. The van der Waals surface area contributed by atoms with Gasteiger partial charge in [0.05, 0.1) is 13.2 Å². The van der Waals surface area contributed by atoms with Crippen LogP contribution in [0.1, 0.15) is 25.7 Å². The molecule has 2 heterocycles. The van der Waals surface area contributed by atoms with Gasteiger partial charge in [0.1, 0.15) is 0 Å². The summed E-state index contributed by atoms with van der Waals surface area (Å²) in [4.78, 5) is 0. The molecule has 0 amide bonds. The van der Waals surface area contributed by atoms with Crippen LogP contribution in [0.4, 0.5) is 0 Å². The van der Waals surface area contributed by atoms with Crippen molar-refractivity contribution in [3.8, 4) is 0 Å². The Labute approximate surface area is 79.6 Å². The zero-order valence-corrected chi connectivity index (χ0v) is 8.13. The summed E-state index contributed by atoms with van der Waals surface area (Å²) in [5.41, 5.74) is 6.23. The van der Waals surface area contributed by atoms with Crippen molar-refractivity contribution < 1.29 is 9.47 Å². The Morgan fingerprint density at radius 1 is 1.15 bits per heavy atom. The Balaban J connectivity index is 1.94. The predicted molar refractivity (Wildman–Crippen MR) is 50.5 cm³/mol. The Morgan fingerprint density at radius 2 is 2.00 bits per heavy atom. The van der Waals surface area contributed by atoms with Crippen LogP contribution in [0.5, 0.6) is 0 Å². The Hall–Kier alpha value is -0.120. The molecule has 2 fully saturated rings. The lowest BCUT2D eigenvalue weighted by Gasteiger charge is -2.41. The maximum Gasteiger partial charge on any atom is 0.0649 e. The van der Waals surface area contributed by atoms with Gasteiger partial charge in [-0.2, -0.15) is 0 Å². The highest BCUT2D eigenvalue weighted by atomic mass is 16.5. The summed E-state index contributed by atoms with van der Waals surface area (Å²) in [7, 11) is 0. The SMILES string of the molecule is NC1(C2CCCOC2)CCCOC1. The van der Waals surface area contributed by atoms with E-state index in [0.29, 0.717) is 5.92 Å². The maximum absolute atomic E-state index is 6.33. The van der Waals surface area contributed by atoms with E-state index in [1.54, 1.807) is 0 Å². The highest BCUT2D eigenvalue weighted by molar-refractivity contribution is 4.93. The average molecular weight is 185 g/mol. The summed E-state index contributed by atoms with van der Waals surface area (Å²) < 4.78 is 10.9. The Bertz CT molecular complexity index is 160. The molecule has 3 nitrogen and oxygen atoms in total. The molecule has 2 rings (SSSR count). The molecule has 0 aliphatic carbocycles. The van der Waals surface area contributed by atoms with Gasteiger partial charge in [0.2, 0.25) is 0 Å². The first kappa shape index (κ1) is 9.44. The van der Waals surface area contributed by atoms with Crippen LogP contribution in [-0.4, -0.2) is 32.0 Å². The molecule has 0 bridgehead atoms. The summed E-state index contributed by atoms with van der Waals surface area (Å²) in [5, 5.41) is 0. The van der Waals surface area contributed by atoms with Gasteiger partial charge in [-0.15, -0.1) is 0 Å². The number of hydrogen-bond donors (Lipinski definition) is 1. The number of nitrogens with two attached hydrogens (primary N) is 1. The molecule has 0 aromatic heterocycles. The molecule has 2 saturated heterocycles. The molecule has 2 N–H and O–H groups in total. The molecular weight excluding hydrogens is 166 g/mol. The summed E-state index contributed by atoms with van der Waals surface area (Å²) in [6, 6.07) is 0. The molecule has 13 heavy (non-hydrogen) atoms. The summed E-state index contributed by atoms with van der Waals surface area (Å²) in [5.74, 6) is 0.515. The smallest absolute Gasteiger partial charge is 0.0649 e. The van der Waals surface area contributed by atoms with Crippen molar-refractivity contribution in [1.82, 2.24) is 0 Å². The molecule has 2 unspecified atom stereocenters. The van der Waals surface area contributed by atoms with Gasteiger partial charge >= 0.3 is 0 Å². The van der Waals surface area contributed by atoms with Crippen LogP contribution in [0.2, 0.25) is 0 Å². The van der Waals surface area contributed by atoms with Gasteiger partial charge in [-0.25, -0.2) is 0 Å². The minimum absolute atomic E-state index is 0.0985. The first-order chi connectivity index (χ1) is 6.31. The Morgan fingerprint density at radius 3 is 2.62 bits per heavy atom. The fourth-order valence-corrected chi connectivity index (χ4v) is 2.35. The van der Waals surface area contributed by atoms with Crippen LogP contribution in [0.25, 0.3) is 0 Å². The van der Waals surface area contributed by atoms with E-state index in [-0.39, 0.29) is 5.54 Å². The van der Waals surface area contributed by atoms with Crippen LogP contribution < -0.4 is 5.73 Å². The van der Waals surface area contributed by atoms with Crippen molar-refractivity contribution in [1.29, 1.82) is 0 Å². The third kappa shape index (κ3) is 2.03. The first-order valence-electron chi connectivity index (χ1n) is 5.26. The summed E-state index contributed by atoms with van der Waals surface area (Å²) in [6.45, 7) is 3.35. The third-order valence-corrected chi connectivity index (χ3v) is 3.28. The van der Waals surface area contributed by atoms with E-state index in [4.69, 9.17) is 15.2 Å². The van der Waals surface area contributed by atoms with E-state index in [9.17, 15) is 0 Å². The van der Waals surface area contributed by atoms with Gasteiger partial charge in [0.15, 0.2) is 0 Å². The molecule has 0 aromatic carbocycles. The van der Waals surface area contributed by atoms with E-state index in [2.05, 4.69) is 0 Å². The fourth-order valence-electron chi connectivity index (χ4n) is 2.35. The van der Waals surface area contributed by atoms with E-state index >= 15 is 0 Å². The minimum atomic E-state index is -0.0985. The van der Waals surface area contributed by atoms with Crippen molar-refractivity contribution in [3.05, 3.63) is 0 Å². The predicted octanol–water partition coefficient (Wildman–Crippen LogP) is 0.921. The zero-order chi connectivity index (χ0) is 9.15. The monoisotopic (exact) mass is 185 g/mol. The lowest BCUT2D eigenvalue weighted by molar-refractivity contribution is -0.0389. The molecule has 0 saturated carbocycles. The van der Waals surface area contributed by atoms with Crippen LogP contribution in [0.3, 0.4) is 0 Å². The second-order valence-corrected chi connectivity index (χ2v) is 4.30. The van der Waals surface area contributed by atoms with Crippen molar-refractivity contribution in [2.24, 2.45) is 11.7 Å². The van der Waals surface area contributed by atoms with Gasteiger partial charge in [0.25, 0.3) is 0 Å². The third-order valence-electron chi connectivity index (χ3n) is 3.28. The lowest BCUT2D eigenvalue weighted by atomic mass is 9.78. The molecule has 0 aromatic rings. The van der Waals surface area contributed by atoms with Crippen LogP contribution in [-0.2, 0) is 9.47 Å². The largest absolute Gasteiger partial charge is 0.381 e. The van der Waals surface area contributed by atoms with Gasteiger partial charge < -0.3 is 15.2 Å². The number of rotatable bonds is 1. The van der Waals surface area contributed by atoms with Gasteiger partial charge in [-0.05, 0) is 25.7 Å². The lowest BCUT2D eigenvalue weighted by Crippen LogP contribution is -2.55. The van der Waals surface area contributed by atoms with Crippen molar-refractivity contribution in [2.75, 3.05) is 26.4 Å². The second-order valence-electron chi connectivity index (χ2n) is 4.30. The van der Waals surface area contributed by atoms with E-state index in [1.807, 2.05) is 0 Å². The van der Waals surface area contributed by atoms with Gasteiger partial charge in [-0.3, -0.25) is 0 Å². The maximum atomic E-state index is 6.33. The molecule has 0 radical (unpaired) electrons. The molecular formula is C10H19NO2. The number of ether oxygens (including phenoxy) is 2. The summed E-state index contributed by atoms with van der Waals surface area (Å²) in [6.07, 6.45) is 4.57. The molecule has 2 atom stereocenters. The molecule has 76 valence electrons. The highest BCUT2D eigenvalue weighted by Crippen LogP contribution is 2.30. The van der Waals surface area contributed by atoms with Crippen LogP contribution >= 0.6 is 0 Å². The van der Waals surface area contributed by atoms with Crippen molar-refractivity contribution >= 4 is 0 Å². The zero-order valence-electron chi connectivity index (χ0n) is 8.13. The van der Waals surface area contributed by atoms with Crippen molar-refractivity contribution in [3.63, 3.8) is 0 Å². The molecule has 2 aliphatic heterocycles. The average Bonchev–Trinajstić information content (AvgIpc) is 2.20. The quantitative estimate of drug-likeness (QED) is 0.660. The van der Waals surface area contributed by atoms with Crippen LogP contribution in [0.15, 0.2) is 0 Å². The Kier molecular flexibility index (Phi) is 2.86. The first-order valence-corrected chi connectivity index (χ1v) is 5.26. The normalized spacial score (nSPS) is 41.8. The van der Waals surface area contributed by atoms with Gasteiger partial charge in [0, 0.05) is 24.7 Å². The van der Waals surface area contributed by atoms with Gasteiger partial charge in [-0.1, -0.05) is 0 Å². The molecule has 0 spiro atoms. The second kappa shape index (κ2) is 3.95. The highest BCUT2D eigenvalue weighted by Gasteiger charge is 2.37. The molecule has 2 aliphatic rings. The van der Waals surface area contributed by atoms with E-state index < -0.39 is 0 Å². The van der Waals surface area contributed by atoms with E-state index in [0.717, 1.165) is 45.7 Å². The van der Waals surface area contributed by atoms with Crippen molar-refractivity contribution in [2.45, 2.75) is 31.2 Å². The van der Waals surface area contributed by atoms with E-state index in [1.165, 1.54) is 6.42 Å². The van der Waals surface area contributed by atoms with Crippen LogP contribution in [0, 0.1) is 5.92 Å². The number of hydrogen-bond acceptors (Lipinski definition) is 3. The standard InChI is InChI=1S/C10H19NO2/c11-10(4-2-6-13-8-10)9-3-1-5-12-7-9/h9H,1-8,11H2. The minimum Gasteiger partial charge on any atom is -0.381 e.